The van der Waals surface area contributed by atoms with E-state index in [2.05, 4.69) is 0 Å². The lowest BCUT2D eigenvalue weighted by Crippen LogP contribution is -2.28. The van der Waals surface area contributed by atoms with Crippen LogP contribution in [0.5, 0.6) is 5.75 Å². The number of para-hydroxylation sites is 1. The average Bonchev–Trinajstić information content (AvgIpc) is 2.93. The highest BCUT2D eigenvalue weighted by atomic mass is 19.1. The van der Waals surface area contributed by atoms with Gasteiger partial charge in [0.15, 0.2) is 5.82 Å². The topological polar surface area (TPSA) is 65.1 Å². The summed E-state index contributed by atoms with van der Waals surface area (Å²) in [6, 6.07) is 4.41. The summed E-state index contributed by atoms with van der Waals surface area (Å²) >= 11 is 0. The first-order chi connectivity index (χ1) is 13.5. The Bertz CT molecular complexity index is 824. The summed E-state index contributed by atoms with van der Waals surface area (Å²) in [5.74, 6) is -1.91. The second kappa shape index (κ2) is 9.73. The fourth-order valence-corrected chi connectivity index (χ4v) is 2.80. The molecule has 0 N–H and O–H groups in total. The molecule has 1 aliphatic heterocycles. The first kappa shape index (κ1) is 21.2. The Balaban J connectivity index is 2.70. The van der Waals surface area contributed by atoms with Gasteiger partial charge in [0.2, 0.25) is 0 Å². The highest BCUT2D eigenvalue weighted by molar-refractivity contribution is 6.05. The molecule has 0 amide bonds. The lowest BCUT2D eigenvalue weighted by molar-refractivity contribution is -0.139. The molecule has 28 heavy (non-hydrogen) atoms. The molecule has 0 atom stereocenters. The number of anilines is 1. The fraction of sp³-hybridized carbons (Fsp3) is 0.333. The van der Waals surface area contributed by atoms with E-state index < -0.39 is 17.8 Å². The molecule has 1 aromatic carbocycles. The summed E-state index contributed by atoms with van der Waals surface area (Å²) in [6.45, 7) is 3.94. The van der Waals surface area contributed by atoms with E-state index >= 15 is 0 Å². The second-order valence-corrected chi connectivity index (χ2v) is 5.96. The van der Waals surface area contributed by atoms with Gasteiger partial charge in [0.05, 0.1) is 25.9 Å². The van der Waals surface area contributed by atoms with Crippen molar-refractivity contribution in [2.45, 2.75) is 32.8 Å². The molecule has 0 aliphatic carbocycles. The smallest absolute Gasteiger partial charge is 0.355 e. The zero-order chi connectivity index (χ0) is 20.7. The Kier molecular flexibility index (Phi) is 7.37. The summed E-state index contributed by atoms with van der Waals surface area (Å²) < 4.78 is 30.5. The van der Waals surface area contributed by atoms with Crippen LogP contribution in [0.2, 0.25) is 0 Å². The van der Waals surface area contributed by atoms with Gasteiger partial charge < -0.3 is 19.1 Å². The molecule has 0 fully saturated rings. The Hall–Kier alpha value is -3.09. The number of carbonyl (C=O) groups excluding carboxylic acids is 2. The van der Waals surface area contributed by atoms with Crippen molar-refractivity contribution < 1.29 is 28.2 Å². The summed E-state index contributed by atoms with van der Waals surface area (Å²) in [5, 5.41) is 0. The molecule has 1 heterocycles. The first-order valence-electron chi connectivity index (χ1n) is 8.98. The summed E-state index contributed by atoms with van der Waals surface area (Å²) in [6.07, 6.45) is 7.35. The van der Waals surface area contributed by atoms with E-state index in [0.717, 1.165) is 12.8 Å². The van der Waals surface area contributed by atoms with Gasteiger partial charge >= 0.3 is 11.9 Å². The molecule has 0 bridgehead atoms. The largest absolute Gasteiger partial charge is 0.488 e. The van der Waals surface area contributed by atoms with Crippen LogP contribution >= 0.6 is 0 Å². The van der Waals surface area contributed by atoms with Crippen molar-refractivity contribution in [2.75, 3.05) is 19.1 Å². The summed E-state index contributed by atoms with van der Waals surface area (Å²) in [7, 11) is 2.38. The normalized spacial score (nSPS) is 13.6. The maximum atomic E-state index is 14.9. The Morgan fingerprint density at radius 2 is 1.75 bits per heavy atom. The minimum absolute atomic E-state index is 0.0103. The zero-order valence-corrected chi connectivity index (χ0v) is 16.4. The minimum atomic E-state index is -0.812. The van der Waals surface area contributed by atoms with Crippen LogP contribution in [0.1, 0.15) is 26.7 Å². The van der Waals surface area contributed by atoms with Crippen LogP contribution < -0.4 is 9.64 Å². The van der Waals surface area contributed by atoms with Gasteiger partial charge in [0.1, 0.15) is 17.1 Å². The van der Waals surface area contributed by atoms with Crippen LogP contribution in [-0.4, -0.2) is 32.3 Å². The number of hydrogen-bond donors (Lipinski definition) is 0. The third-order valence-electron chi connectivity index (χ3n) is 4.28. The predicted molar refractivity (Wildman–Crippen MR) is 103 cm³/mol. The van der Waals surface area contributed by atoms with Crippen molar-refractivity contribution in [3.05, 3.63) is 59.7 Å². The number of ether oxygens (including phenoxy) is 3. The quantitative estimate of drug-likeness (QED) is 0.660. The van der Waals surface area contributed by atoms with Crippen LogP contribution in [0, 0.1) is 5.82 Å². The van der Waals surface area contributed by atoms with Crippen molar-refractivity contribution in [1.82, 2.24) is 0 Å². The van der Waals surface area contributed by atoms with E-state index in [-0.39, 0.29) is 28.8 Å². The van der Waals surface area contributed by atoms with E-state index in [1.165, 1.54) is 43.5 Å². The van der Waals surface area contributed by atoms with E-state index in [0.29, 0.717) is 0 Å². The van der Waals surface area contributed by atoms with Gasteiger partial charge in [-0.05, 0) is 37.1 Å². The molecule has 0 spiro atoms. The molecule has 1 aliphatic rings. The van der Waals surface area contributed by atoms with Gasteiger partial charge in [-0.3, -0.25) is 0 Å². The predicted octanol–water partition coefficient (Wildman–Crippen LogP) is 3.88. The molecule has 0 saturated heterocycles. The van der Waals surface area contributed by atoms with Crippen molar-refractivity contribution in [3.8, 4) is 5.75 Å². The zero-order valence-electron chi connectivity index (χ0n) is 16.4. The number of allylic oxidation sites excluding steroid dienone is 2. The van der Waals surface area contributed by atoms with Crippen molar-refractivity contribution in [3.63, 3.8) is 0 Å². The number of rotatable bonds is 7. The molecule has 6 nitrogen and oxygen atoms in total. The molecule has 0 unspecified atom stereocenters. The minimum Gasteiger partial charge on any atom is -0.488 e. The highest BCUT2D eigenvalue weighted by Gasteiger charge is 2.31. The third-order valence-corrected chi connectivity index (χ3v) is 4.28. The van der Waals surface area contributed by atoms with Gasteiger partial charge in [0, 0.05) is 6.20 Å². The van der Waals surface area contributed by atoms with Gasteiger partial charge in [0.25, 0.3) is 0 Å². The number of nitrogens with zero attached hydrogens (tertiary/aromatic N) is 1. The van der Waals surface area contributed by atoms with E-state index in [4.69, 9.17) is 14.2 Å². The van der Waals surface area contributed by atoms with E-state index in [9.17, 15) is 14.0 Å². The first-order valence-corrected chi connectivity index (χ1v) is 8.98. The molecule has 7 heteroatoms. The molecule has 0 aromatic heterocycles. The molecular formula is C21H24FNO5. The molecular weight excluding hydrogens is 365 g/mol. The number of benzene rings is 1. The standard InChI is InChI=1S/C21H24FNO5/c1-5-14(6-2)28-17-12-9-11-16(22)19(17)23-13-8-7-10-15(20(24)26-3)18(23)21(25)27-4/h7-14H,5-6H2,1-4H3. The van der Waals surface area contributed by atoms with Crippen LogP contribution in [-0.2, 0) is 19.1 Å². The second-order valence-electron chi connectivity index (χ2n) is 5.96. The lowest BCUT2D eigenvalue weighted by atomic mass is 10.1. The molecule has 150 valence electrons. The maximum absolute atomic E-state index is 14.9. The monoisotopic (exact) mass is 389 g/mol. The number of methoxy groups -OCH3 is 2. The van der Waals surface area contributed by atoms with E-state index in [1.807, 2.05) is 13.8 Å². The van der Waals surface area contributed by atoms with Crippen LogP contribution in [0.15, 0.2) is 53.9 Å². The lowest BCUT2D eigenvalue weighted by Gasteiger charge is -2.27. The molecule has 2 rings (SSSR count). The van der Waals surface area contributed by atoms with Crippen molar-refractivity contribution in [2.24, 2.45) is 0 Å². The van der Waals surface area contributed by atoms with Gasteiger partial charge in [-0.1, -0.05) is 26.0 Å². The van der Waals surface area contributed by atoms with E-state index in [1.54, 1.807) is 18.2 Å². The van der Waals surface area contributed by atoms with Gasteiger partial charge in [-0.2, -0.15) is 0 Å². The summed E-state index contributed by atoms with van der Waals surface area (Å²) in [4.78, 5) is 26.0. The fourth-order valence-electron chi connectivity index (χ4n) is 2.80. The molecule has 1 aromatic rings. The van der Waals surface area contributed by atoms with Gasteiger partial charge in [-0.25, -0.2) is 14.0 Å². The van der Waals surface area contributed by atoms with Crippen molar-refractivity contribution in [1.29, 1.82) is 0 Å². The molecule has 0 radical (unpaired) electrons. The van der Waals surface area contributed by atoms with Crippen molar-refractivity contribution >= 4 is 17.6 Å². The maximum Gasteiger partial charge on any atom is 0.355 e. The number of halogens is 1. The van der Waals surface area contributed by atoms with Crippen LogP contribution in [0.3, 0.4) is 0 Å². The number of carbonyl (C=O) groups is 2. The van der Waals surface area contributed by atoms with Crippen LogP contribution in [0.4, 0.5) is 10.1 Å². The highest BCUT2D eigenvalue weighted by Crippen LogP contribution is 2.37. The van der Waals surface area contributed by atoms with Gasteiger partial charge in [-0.15, -0.1) is 0 Å². The Labute approximate surface area is 163 Å². The number of hydrogen-bond acceptors (Lipinski definition) is 6. The Morgan fingerprint density at radius 1 is 1.07 bits per heavy atom. The SMILES string of the molecule is CCC(CC)Oc1cccc(F)c1N1C=CC=CC(C(=O)OC)=C1C(=O)OC. The van der Waals surface area contributed by atoms with Crippen LogP contribution in [0.25, 0.3) is 0 Å². The third kappa shape index (κ3) is 4.42. The summed E-state index contributed by atoms with van der Waals surface area (Å²) in [5.41, 5.74) is -0.217. The molecule has 0 saturated carbocycles. The number of esters is 2. The average molecular weight is 389 g/mol. The Morgan fingerprint density at radius 3 is 2.36 bits per heavy atom.